The van der Waals surface area contributed by atoms with Crippen molar-refractivity contribution >= 4 is 16.1 Å². The van der Waals surface area contributed by atoms with Crippen molar-refractivity contribution in [2.24, 2.45) is 0 Å². The highest BCUT2D eigenvalue weighted by molar-refractivity contribution is 6.80. The molecule has 0 aromatic heterocycles. The molecule has 0 aliphatic heterocycles. The molecule has 0 radical (unpaired) electrons. The molecule has 0 heterocycles. The standard InChI is InChI=1S/C37H64O2Si2/c1-9-25-37(26-10-2,33-21-23-35(38)31(29-33)19-17-27-40(11-3,12-4)13-5)34-22-24-36(39)32(30-34)20-18-28-41(14-6,15-7)16-8/h21-24,29-30,38-39H,9-20,25-28H2,1-8H3. The second-order valence-electron chi connectivity index (χ2n) is 13.1. The maximum Gasteiger partial charge on any atom is 0.118 e. The van der Waals surface area contributed by atoms with Gasteiger partial charge in [0.25, 0.3) is 0 Å². The fourth-order valence-electron chi connectivity index (χ4n) is 7.76. The SMILES string of the molecule is CCCC(CCC)(c1ccc(O)c(CCC[Si](CC)(CC)CC)c1)c1ccc(O)c(CCC[Si](CC)(CC)CC)c1. The number of phenols is 2. The molecular formula is C37H64O2Si2. The number of hydrogen-bond donors (Lipinski definition) is 2. The summed E-state index contributed by atoms with van der Waals surface area (Å²) in [5.41, 5.74) is 4.81. The summed E-state index contributed by atoms with van der Waals surface area (Å²) in [6, 6.07) is 23.9. The highest BCUT2D eigenvalue weighted by atomic mass is 28.3. The first-order valence-electron chi connectivity index (χ1n) is 17.3. The Morgan fingerprint density at radius 2 is 0.878 bits per heavy atom. The van der Waals surface area contributed by atoms with Crippen molar-refractivity contribution in [2.75, 3.05) is 0 Å². The van der Waals surface area contributed by atoms with Gasteiger partial charge < -0.3 is 10.2 Å². The molecule has 2 N–H and O–H groups in total. The third kappa shape index (κ3) is 8.75. The number of aromatic hydroxyl groups is 2. The van der Waals surface area contributed by atoms with Crippen LogP contribution < -0.4 is 0 Å². The maximum absolute atomic E-state index is 10.9. The molecule has 4 heteroatoms. The van der Waals surface area contributed by atoms with E-state index >= 15 is 0 Å². The van der Waals surface area contributed by atoms with Gasteiger partial charge in [-0.2, -0.15) is 0 Å². The third-order valence-corrected chi connectivity index (χ3v) is 23.3. The second kappa shape index (κ2) is 16.9. The molecule has 0 unspecified atom stereocenters. The van der Waals surface area contributed by atoms with E-state index in [-0.39, 0.29) is 5.41 Å². The summed E-state index contributed by atoms with van der Waals surface area (Å²) in [5.74, 6) is 0.906. The van der Waals surface area contributed by atoms with Gasteiger partial charge in [-0.05, 0) is 60.1 Å². The quantitative estimate of drug-likeness (QED) is 0.149. The summed E-state index contributed by atoms with van der Waals surface area (Å²) in [6.45, 7) is 18.9. The van der Waals surface area contributed by atoms with Crippen LogP contribution in [0, 0.1) is 0 Å². The van der Waals surface area contributed by atoms with Crippen LogP contribution in [-0.4, -0.2) is 26.4 Å². The molecule has 0 saturated carbocycles. The van der Waals surface area contributed by atoms with Crippen molar-refractivity contribution in [3.63, 3.8) is 0 Å². The molecule has 0 aliphatic rings. The van der Waals surface area contributed by atoms with E-state index in [0.29, 0.717) is 11.5 Å². The van der Waals surface area contributed by atoms with Gasteiger partial charge in [-0.25, -0.2) is 0 Å². The van der Waals surface area contributed by atoms with Crippen LogP contribution in [0.4, 0.5) is 0 Å². The van der Waals surface area contributed by atoms with E-state index in [1.165, 1.54) is 72.3 Å². The summed E-state index contributed by atoms with van der Waals surface area (Å²) in [7, 11) is -2.32. The lowest BCUT2D eigenvalue weighted by molar-refractivity contribution is 0.420. The second-order valence-corrected chi connectivity index (χ2v) is 24.3. The molecule has 2 aromatic rings. The Balaban J connectivity index is 2.44. The zero-order valence-electron chi connectivity index (χ0n) is 28.2. The first-order valence-corrected chi connectivity index (χ1v) is 23.0. The number of aryl methyl sites for hydroxylation is 2. The van der Waals surface area contributed by atoms with E-state index in [2.05, 4.69) is 79.7 Å². The minimum atomic E-state index is -1.16. The van der Waals surface area contributed by atoms with E-state index < -0.39 is 16.1 Å². The number of phenolic OH excluding ortho intramolecular Hbond substituents is 2. The zero-order chi connectivity index (χ0) is 30.5. The minimum absolute atomic E-state index is 0.0993. The van der Waals surface area contributed by atoms with Crippen LogP contribution in [0.15, 0.2) is 36.4 Å². The van der Waals surface area contributed by atoms with Crippen LogP contribution in [0.5, 0.6) is 11.5 Å². The predicted octanol–water partition coefficient (Wildman–Crippen LogP) is 11.9. The summed E-state index contributed by atoms with van der Waals surface area (Å²) >= 11 is 0. The molecule has 41 heavy (non-hydrogen) atoms. The fourth-order valence-corrected chi connectivity index (χ4v) is 14.7. The Morgan fingerprint density at radius 1 is 0.537 bits per heavy atom. The monoisotopic (exact) mass is 596 g/mol. The molecule has 0 aliphatic carbocycles. The van der Waals surface area contributed by atoms with Crippen molar-refractivity contribution in [3.05, 3.63) is 58.7 Å². The minimum Gasteiger partial charge on any atom is -0.508 e. The summed E-state index contributed by atoms with van der Waals surface area (Å²) < 4.78 is 0. The summed E-state index contributed by atoms with van der Waals surface area (Å²) in [4.78, 5) is 0. The number of benzene rings is 2. The van der Waals surface area contributed by atoms with Gasteiger partial charge in [-0.1, -0.05) is 154 Å². The van der Waals surface area contributed by atoms with E-state index in [0.717, 1.165) is 49.7 Å². The highest BCUT2D eigenvalue weighted by Gasteiger charge is 2.34. The van der Waals surface area contributed by atoms with Crippen LogP contribution >= 0.6 is 0 Å². The Kier molecular flexibility index (Phi) is 14.7. The van der Waals surface area contributed by atoms with Gasteiger partial charge in [0.05, 0.1) is 16.1 Å². The molecule has 2 aromatic carbocycles. The number of rotatable bonds is 20. The van der Waals surface area contributed by atoms with Crippen molar-refractivity contribution < 1.29 is 10.2 Å². The van der Waals surface area contributed by atoms with Crippen LogP contribution in [0.25, 0.3) is 0 Å². The lowest BCUT2D eigenvalue weighted by atomic mass is 9.68. The first kappa shape index (κ1) is 35.7. The maximum atomic E-state index is 10.9. The summed E-state index contributed by atoms with van der Waals surface area (Å²) in [6.07, 6.45) is 8.62. The Hall–Kier alpha value is -1.53. The Bertz CT molecular complexity index is 939. The molecule has 232 valence electrons. The van der Waals surface area contributed by atoms with Crippen LogP contribution in [0.3, 0.4) is 0 Å². The van der Waals surface area contributed by atoms with E-state index in [1.807, 2.05) is 12.1 Å². The fraction of sp³-hybridized carbons (Fsp3) is 0.676. The predicted molar refractivity (Wildman–Crippen MR) is 187 cm³/mol. The van der Waals surface area contributed by atoms with Crippen molar-refractivity contribution in [3.8, 4) is 11.5 Å². The van der Waals surface area contributed by atoms with Gasteiger partial charge >= 0.3 is 0 Å². The number of hydrogen-bond acceptors (Lipinski definition) is 2. The Morgan fingerprint density at radius 3 is 1.17 bits per heavy atom. The lowest BCUT2D eigenvalue weighted by Crippen LogP contribution is -2.31. The van der Waals surface area contributed by atoms with Gasteiger partial charge in [-0.15, -0.1) is 0 Å². The van der Waals surface area contributed by atoms with Gasteiger partial charge in [0.15, 0.2) is 0 Å². The average Bonchev–Trinajstić information content (AvgIpc) is 2.99. The first-order chi connectivity index (χ1) is 19.7. The van der Waals surface area contributed by atoms with Gasteiger partial charge in [0.1, 0.15) is 11.5 Å². The molecule has 2 rings (SSSR count). The lowest BCUT2D eigenvalue weighted by Gasteiger charge is -2.36. The molecule has 0 atom stereocenters. The normalized spacial score (nSPS) is 12.7. The molecule has 0 fully saturated rings. The van der Waals surface area contributed by atoms with E-state index in [1.54, 1.807) is 0 Å². The van der Waals surface area contributed by atoms with Crippen molar-refractivity contribution in [1.29, 1.82) is 0 Å². The zero-order valence-corrected chi connectivity index (χ0v) is 30.2. The third-order valence-electron chi connectivity index (χ3n) is 11.4. The van der Waals surface area contributed by atoms with Gasteiger partial charge in [0, 0.05) is 5.41 Å². The molecule has 0 amide bonds. The van der Waals surface area contributed by atoms with Crippen LogP contribution in [0.2, 0.25) is 48.4 Å². The van der Waals surface area contributed by atoms with Crippen LogP contribution in [-0.2, 0) is 18.3 Å². The van der Waals surface area contributed by atoms with Crippen molar-refractivity contribution in [2.45, 2.75) is 161 Å². The molecule has 0 bridgehead atoms. The van der Waals surface area contributed by atoms with E-state index in [9.17, 15) is 10.2 Å². The molecule has 0 saturated heterocycles. The molecular weight excluding hydrogens is 533 g/mol. The van der Waals surface area contributed by atoms with Crippen molar-refractivity contribution in [1.82, 2.24) is 0 Å². The topological polar surface area (TPSA) is 40.5 Å². The molecule has 0 spiro atoms. The van der Waals surface area contributed by atoms with E-state index in [4.69, 9.17) is 0 Å². The molecule has 2 nitrogen and oxygen atoms in total. The van der Waals surface area contributed by atoms with Gasteiger partial charge in [-0.3, -0.25) is 0 Å². The largest absolute Gasteiger partial charge is 0.508 e. The van der Waals surface area contributed by atoms with Crippen LogP contribution in [0.1, 0.15) is 116 Å². The smallest absolute Gasteiger partial charge is 0.118 e. The Labute approximate surface area is 256 Å². The van der Waals surface area contributed by atoms with Gasteiger partial charge in [0.2, 0.25) is 0 Å². The summed E-state index contributed by atoms with van der Waals surface area (Å²) in [5, 5.41) is 21.8. The average molecular weight is 597 g/mol. The highest BCUT2D eigenvalue weighted by Crippen LogP contribution is 2.44.